The molecule has 0 saturated heterocycles. The quantitative estimate of drug-likeness (QED) is 0.744. The van der Waals surface area contributed by atoms with Crippen LogP contribution in [0.25, 0.3) is 10.9 Å². The van der Waals surface area contributed by atoms with Gasteiger partial charge in [-0.2, -0.15) is 0 Å². The average Bonchev–Trinajstić information content (AvgIpc) is 2.79. The Morgan fingerprint density at radius 3 is 2.94 bits per heavy atom. The van der Waals surface area contributed by atoms with Crippen molar-refractivity contribution < 1.29 is 4.79 Å². The van der Waals surface area contributed by atoms with Gasteiger partial charge in [-0.1, -0.05) is 6.07 Å². The molecular weight excluding hydrogens is 226 g/mol. The highest BCUT2D eigenvalue weighted by Crippen LogP contribution is 2.20. The van der Waals surface area contributed by atoms with E-state index in [4.69, 9.17) is 5.73 Å². The lowest BCUT2D eigenvalue weighted by molar-refractivity contribution is -0.120. The van der Waals surface area contributed by atoms with Gasteiger partial charge in [0.25, 0.3) is 0 Å². The van der Waals surface area contributed by atoms with Gasteiger partial charge in [-0.25, -0.2) is 0 Å². The van der Waals surface area contributed by atoms with Crippen molar-refractivity contribution in [1.82, 2.24) is 10.3 Å². The van der Waals surface area contributed by atoms with Crippen molar-refractivity contribution in [2.75, 3.05) is 13.6 Å². The number of H-pyrrole nitrogens is 1. The number of hydrogen-bond donors (Lipinski definition) is 3. The van der Waals surface area contributed by atoms with Crippen LogP contribution < -0.4 is 11.1 Å². The largest absolute Gasteiger partial charge is 0.361 e. The van der Waals surface area contributed by atoms with Crippen LogP contribution in [0.15, 0.2) is 24.4 Å². The number of carbonyl (C=O) groups is 1. The van der Waals surface area contributed by atoms with Crippen molar-refractivity contribution in [2.45, 2.75) is 19.3 Å². The fraction of sp³-hybridized carbons (Fsp3) is 0.357. The van der Waals surface area contributed by atoms with Crippen molar-refractivity contribution in [3.63, 3.8) is 0 Å². The van der Waals surface area contributed by atoms with E-state index in [1.165, 1.54) is 16.5 Å². The molecule has 0 radical (unpaired) electrons. The Balaban J connectivity index is 2.19. The smallest absolute Gasteiger partial charge is 0.220 e. The minimum Gasteiger partial charge on any atom is -0.361 e. The molecule has 0 aliphatic heterocycles. The summed E-state index contributed by atoms with van der Waals surface area (Å²) >= 11 is 0. The van der Waals surface area contributed by atoms with Gasteiger partial charge in [-0.3, -0.25) is 4.79 Å². The van der Waals surface area contributed by atoms with Crippen LogP contribution in [0.5, 0.6) is 0 Å². The Bertz CT molecular complexity index is 545. The van der Waals surface area contributed by atoms with Crippen LogP contribution in [0.1, 0.15) is 17.5 Å². The van der Waals surface area contributed by atoms with Crippen molar-refractivity contribution in [3.05, 3.63) is 35.5 Å². The fourth-order valence-corrected chi connectivity index (χ4v) is 2.13. The van der Waals surface area contributed by atoms with Crippen LogP contribution in [0.4, 0.5) is 0 Å². The Morgan fingerprint density at radius 1 is 1.39 bits per heavy atom. The summed E-state index contributed by atoms with van der Waals surface area (Å²) in [6.45, 7) is 0.648. The predicted molar refractivity (Wildman–Crippen MR) is 73.4 cm³/mol. The van der Waals surface area contributed by atoms with E-state index < -0.39 is 0 Å². The number of fused-ring (bicyclic) bond motifs is 1. The second kappa shape index (κ2) is 5.69. The van der Waals surface area contributed by atoms with Crippen LogP contribution in [-0.2, 0) is 17.6 Å². The molecule has 4 nitrogen and oxygen atoms in total. The molecule has 0 unspecified atom stereocenters. The summed E-state index contributed by atoms with van der Waals surface area (Å²) in [7, 11) is 1.66. The number of aryl methyl sites for hydroxylation is 1. The van der Waals surface area contributed by atoms with Gasteiger partial charge < -0.3 is 16.0 Å². The second-order valence-electron chi connectivity index (χ2n) is 4.41. The first-order chi connectivity index (χ1) is 8.74. The molecule has 0 aliphatic carbocycles. The van der Waals surface area contributed by atoms with Gasteiger partial charge in [-0.15, -0.1) is 0 Å². The summed E-state index contributed by atoms with van der Waals surface area (Å²) in [5.74, 6) is 0.0753. The first kappa shape index (κ1) is 12.6. The van der Waals surface area contributed by atoms with Gasteiger partial charge in [-0.05, 0) is 42.6 Å². The highest BCUT2D eigenvalue weighted by atomic mass is 16.1. The zero-order chi connectivity index (χ0) is 13.0. The molecule has 1 heterocycles. The Labute approximate surface area is 107 Å². The maximum Gasteiger partial charge on any atom is 0.220 e. The van der Waals surface area contributed by atoms with Crippen molar-refractivity contribution in [1.29, 1.82) is 0 Å². The number of rotatable bonds is 5. The highest BCUT2D eigenvalue weighted by molar-refractivity contribution is 5.84. The molecular formula is C14H19N3O. The first-order valence-corrected chi connectivity index (χ1v) is 6.24. The highest BCUT2D eigenvalue weighted by Gasteiger charge is 2.05. The molecule has 0 fully saturated rings. The standard InChI is InChI=1S/C14H19N3O/c1-16-14(18)5-3-10-2-4-13-12(8-10)11(6-7-15)9-17-13/h2,4,8-9,17H,3,5-7,15H2,1H3,(H,16,18). The number of hydrogen-bond acceptors (Lipinski definition) is 2. The van der Waals surface area contributed by atoms with Crippen LogP contribution in [-0.4, -0.2) is 24.5 Å². The molecule has 0 aliphatic rings. The maximum atomic E-state index is 11.2. The van der Waals surface area contributed by atoms with Gasteiger partial charge in [0.2, 0.25) is 5.91 Å². The van der Waals surface area contributed by atoms with E-state index >= 15 is 0 Å². The number of nitrogens with one attached hydrogen (secondary N) is 2. The van der Waals surface area contributed by atoms with E-state index in [1.54, 1.807) is 7.05 Å². The molecule has 18 heavy (non-hydrogen) atoms. The van der Waals surface area contributed by atoms with Gasteiger partial charge in [0.1, 0.15) is 0 Å². The number of carbonyl (C=O) groups excluding carboxylic acids is 1. The Kier molecular flexibility index (Phi) is 3.99. The zero-order valence-corrected chi connectivity index (χ0v) is 10.6. The van der Waals surface area contributed by atoms with Gasteiger partial charge in [0.15, 0.2) is 0 Å². The number of aromatic nitrogens is 1. The van der Waals surface area contributed by atoms with Gasteiger partial charge in [0.05, 0.1) is 0 Å². The third kappa shape index (κ3) is 2.71. The van der Waals surface area contributed by atoms with E-state index in [0.717, 1.165) is 18.4 Å². The summed E-state index contributed by atoms with van der Waals surface area (Å²) in [4.78, 5) is 14.5. The predicted octanol–water partition coefficient (Wildman–Crippen LogP) is 1.35. The molecule has 0 bridgehead atoms. The minimum absolute atomic E-state index is 0.0753. The molecule has 4 N–H and O–H groups in total. The van der Waals surface area contributed by atoms with Gasteiger partial charge >= 0.3 is 0 Å². The molecule has 4 heteroatoms. The van der Waals surface area contributed by atoms with Crippen LogP contribution in [0.2, 0.25) is 0 Å². The second-order valence-corrected chi connectivity index (χ2v) is 4.41. The fourth-order valence-electron chi connectivity index (χ4n) is 2.13. The van der Waals surface area contributed by atoms with Crippen molar-refractivity contribution in [2.24, 2.45) is 5.73 Å². The molecule has 1 aromatic heterocycles. The third-order valence-corrected chi connectivity index (χ3v) is 3.17. The van der Waals surface area contributed by atoms with Crippen molar-refractivity contribution in [3.8, 4) is 0 Å². The van der Waals surface area contributed by atoms with Crippen molar-refractivity contribution >= 4 is 16.8 Å². The molecule has 1 amide bonds. The van der Waals surface area contributed by atoms with Crippen LogP contribution >= 0.6 is 0 Å². The van der Waals surface area contributed by atoms with E-state index in [9.17, 15) is 4.79 Å². The SMILES string of the molecule is CNC(=O)CCc1ccc2[nH]cc(CCN)c2c1. The minimum atomic E-state index is 0.0753. The average molecular weight is 245 g/mol. The number of benzene rings is 1. The number of aromatic amines is 1. The molecule has 2 aromatic rings. The maximum absolute atomic E-state index is 11.2. The van der Waals surface area contributed by atoms with E-state index in [1.807, 2.05) is 6.20 Å². The van der Waals surface area contributed by atoms with E-state index in [2.05, 4.69) is 28.5 Å². The zero-order valence-electron chi connectivity index (χ0n) is 10.6. The molecule has 0 spiro atoms. The number of amides is 1. The first-order valence-electron chi connectivity index (χ1n) is 6.24. The lowest BCUT2D eigenvalue weighted by atomic mass is 10.0. The molecule has 96 valence electrons. The Hall–Kier alpha value is -1.81. The van der Waals surface area contributed by atoms with Gasteiger partial charge in [0, 0.05) is 30.6 Å². The van der Waals surface area contributed by atoms with E-state index in [-0.39, 0.29) is 5.91 Å². The topological polar surface area (TPSA) is 70.9 Å². The lowest BCUT2D eigenvalue weighted by Gasteiger charge is -2.03. The molecule has 2 rings (SSSR count). The number of nitrogens with two attached hydrogens (primary N) is 1. The third-order valence-electron chi connectivity index (χ3n) is 3.17. The Morgan fingerprint density at radius 2 is 2.22 bits per heavy atom. The molecule has 0 atom stereocenters. The van der Waals surface area contributed by atoms with E-state index in [0.29, 0.717) is 13.0 Å². The monoisotopic (exact) mass is 245 g/mol. The van der Waals surface area contributed by atoms with Crippen LogP contribution in [0.3, 0.4) is 0 Å². The summed E-state index contributed by atoms with van der Waals surface area (Å²) in [5, 5.41) is 3.85. The summed E-state index contributed by atoms with van der Waals surface area (Å²) in [5.41, 5.74) is 9.15. The summed E-state index contributed by atoms with van der Waals surface area (Å²) in [6.07, 6.45) is 4.18. The summed E-state index contributed by atoms with van der Waals surface area (Å²) in [6, 6.07) is 6.28. The molecule has 0 saturated carbocycles. The normalized spacial score (nSPS) is 10.8. The lowest BCUT2D eigenvalue weighted by Crippen LogP contribution is -2.17. The van der Waals surface area contributed by atoms with Crippen LogP contribution in [0, 0.1) is 0 Å². The molecule has 1 aromatic carbocycles. The summed E-state index contributed by atoms with van der Waals surface area (Å²) < 4.78 is 0.